The third-order valence-electron chi connectivity index (χ3n) is 2.84. The van der Waals surface area contributed by atoms with Crippen LogP contribution in [0.5, 0.6) is 5.75 Å². The highest BCUT2D eigenvalue weighted by molar-refractivity contribution is 5.91. The molecule has 0 aliphatic carbocycles. The first-order chi connectivity index (χ1) is 10.6. The molecule has 0 aliphatic rings. The fraction of sp³-hybridized carbons (Fsp3) is 0.133. The lowest BCUT2D eigenvalue weighted by atomic mass is 10.1. The number of halogens is 6. The Morgan fingerprint density at radius 1 is 0.696 bits per heavy atom. The van der Waals surface area contributed by atoms with Crippen LogP contribution in [0.3, 0.4) is 0 Å². The van der Waals surface area contributed by atoms with Crippen molar-refractivity contribution in [2.24, 2.45) is 0 Å². The van der Waals surface area contributed by atoms with Gasteiger partial charge in [-0.15, -0.1) is 0 Å². The molecule has 122 valence electrons. The van der Waals surface area contributed by atoms with Crippen molar-refractivity contribution in [2.45, 2.75) is 12.4 Å². The van der Waals surface area contributed by atoms with Crippen LogP contribution in [0.25, 0.3) is 0 Å². The Balaban J connectivity index is 2.10. The summed E-state index contributed by atoms with van der Waals surface area (Å²) in [5.74, 6) is -1.12. The van der Waals surface area contributed by atoms with E-state index in [9.17, 15) is 31.1 Å². The minimum atomic E-state index is -4.53. The summed E-state index contributed by atoms with van der Waals surface area (Å²) in [4.78, 5) is 11.7. The van der Waals surface area contributed by atoms with E-state index >= 15 is 0 Å². The molecule has 2 aromatic carbocycles. The number of rotatable bonds is 2. The van der Waals surface area contributed by atoms with Crippen molar-refractivity contribution in [3.63, 3.8) is 0 Å². The zero-order valence-electron chi connectivity index (χ0n) is 11.2. The first-order valence-electron chi connectivity index (χ1n) is 6.14. The first kappa shape index (κ1) is 16.9. The van der Waals surface area contributed by atoms with Gasteiger partial charge in [0.05, 0.1) is 16.7 Å². The van der Waals surface area contributed by atoms with E-state index in [1.165, 1.54) is 0 Å². The molecule has 0 fully saturated rings. The molecule has 2 nitrogen and oxygen atoms in total. The van der Waals surface area contributed by atoms with E-state index in [4.69, 9.17) is 4.74 Å². The first-order valence-corrected chi connectivity index (χ1v) is 6.14. The van der Waals surface area contributed by atoms with E-state index in [0.29, 0.717) is 12.1 Å². The van der Waals surface area contributed by atoms with E-state index in [-0.39, 0.29) is 11.3 Å². The number of carbonyl (C=O) groups is 1. The van der Waals surface area contributed by atoms with Crippen LogP contribution >= 0.6 is 0 Å². The molecule has 0 radical (unpaired) electrons. The smallest absolute Gasteiger partial charge is 0.416 e. The van der Waals surface area contributed by atoms with E-state index in [2.05, 4.69) is 0 Å². The maximum absolute atomic E-state index is 12.4. The van der Waals surface area contributed by atoms with E-state index in [1.54, 1.807) is 0 Å². The summed E-state index contributed by atoms with van der Waals surface area (Å²) in [7, 11) is 0. The number of carbonyl (C=O) groups excluding carboxylic acids is 1. The molecule has 0 saturated carbocycles. The lowest BCUT2D eigenvalue weighted by molar-refractivity contribution is -0.138. The SMILES string of the molecule is O=C(Oc1ccc(C(F)(F)F)cc1)c1ccc(C(F)(F)F)cc1. The Morgan fingerprint density at radius 3 is 1.48 bits per heavy atom. The number of benzene rings is 2. The summed E-state index contributed by atoms with van der Waals surface area (Å²) < 4.78 is 79.1. The minimum absolute atomic E-state index is 0.150. The minimum Gasteiger partial charge on any atom is -0.423 e. The summed E-state index contributed by atoms with van der Waals surface area (Å²) in [6.07, 6.45) is -9.05. The van der Waals surface area contributed by atoms with Crippen LogP contribution < -0.4 is 4.74 Å². The molecule has 0 spiro atoms. The maximum atomic E-state index is 12.4. The second-order valence-corrected chi connectivity index (χ2v) is 4.49. The molecule has 0 amide bonds. The fourth-order valence-electron chi connectivity index (χ4n) is 1.67. The Morgan fingerprint density at radius 2 is 1.09 bits per heavy atom. The Hall–Kier alpha value is -2.51. The molecule has 0 atom stereocenters. The number of hydrogen-bond acceptors (Lipinski definition) is 2. The van der Waals surface area contributed by atoms with Gasteiger partial charge in [0.25, 0.3) is 0 Å². The third kappa shape index (κ3) is 4.24. The van der Waals surface area contributed by atoms with Crippen molar-refractivity contribution in [1.82, 2.24) is 0 Å². The van der Waals surface area contributed by atoms with Gasteiger partial charge >= 0.3 is 18.3 Å². The molecule has 0 saturated heterocycles. The zero-order chi connectivity index (χ0) is 17.3. The molecule has 0 N–H and O–H groups in total. The van der Waals surface area contributed by atoms with Crippen LogP contribution in [0, 0.1) is 0 Å². The quantitative estimate of drug-likeness (QED) is 0.442. The van der Waals surface area contributed by atoms with E-state index in [1.807, 2.05) is 0 Å². The van der Waals surface area contributed by atoms with Crippen molar-refractivity contribution in [3.8, 4) is 5.75 Å². The molecule has 0 bridgehead atoms. The summed E-state index contributed by atoms with van der Waals surface area (Å²) >= 11 is 0. The van der Waals surface area contributed by atoms with Crippen molar-refractivity contribution < 1.29 is 35.9 Å². The van der Waals surface area contributed by atoms with E-state index < -0.39 is 29.4 Å². The number of ether oxygens (including phenoxy) is 1. The van der Waals surface area contributed by atoms with Gasteiger partial charge in [-0.05, 0) is 48.5 Å². The molecule has 2 rings (SSSR count). The number of esters is 1. The standard InChI is InChI=1S/C15H8F6O2/c16-14(17,18)10-3-1-9(2-4-10)13(22)23-12-7-5-11(6-8-12)15(19,20)21/h1-8H. The monoisotopic (exact) mass is 334 g/mol. The van der Waals surface area contributed by atoms with Gasteiger partial charge < -0.3 is 4.74 Å². The van der Waals surface area contributed by atoms with Crippen LogP contribution in [0.4, 0.5) is 26.3 Å². The second kappa shape index (κ2) is 5.94. The highest BCUT2D eigenvalue weighted by Gasteiger charge is 2.31. The van der Waals surface area contributed by atoms with Crippen molar-refractivity contribution >= 4 is 5.97 Å². The lowest BCUT2D eigenvalue weighted by Gasteiger charge is -2.09. The summed E-state index contributed by atoms with van der Waals surface area (Å²) in [6, 6.07) is 6.64. The van der Waals surface area contributed by atoms with Crippen LogP contribution in [-0.4, -0.2) is 5.97 Å². The normalized spacial score (nSPS) is 12.1. The van der Waals surface area contributed by atoms with Gasteiger partial charge in [-0.25, -0.2) is 4.79 Å². The topological polar surface area (TPSA) is 26.3 Å². The average molecular weight is 334 g/mol. The molecular formula is C15H8F6O2. The molecule has 23 heavy (non-hydrogen) atoms. The van der Waals surface area contributed by atoms with Gasteiger partial charge in [-0.1, -0.05) is 0 Å². The lowest BCUT2D eigenvalue weighted by Crippen LogP contribution is -2.10. The predicted molar refractivity (Wildman–Crippen MR) is 67.8 cm³/mol. The van der Waals surface area contributed by atoms with Crippen LogP contribution in [0.1, 0.15) is 21.5 Å². The highest BCUT2D eigenvalue weighted by Crippen LogP contribution is 2.31. The summed E-state index contributed by atoms with van der Waals surface area (Å²) in [5.41, 5.74) is -1.99. The molecule has 0 aromatic heterocycles. The zero-order valence-corrected chi connectivity index (χ0v) is 11.2. The molecule has 2 aromatic rings. The highest BCUT2D eigenvalue weighted by atomic mass is 19.4. The van der Waals surface area contributed by atoms with Crippen molar-refractivity contribution in [2.75, 3.05) is 0 Å². The van der Waals surface area contributed by atoms with E-state index in [0.717, 1.165) is 36.4 Å². The Bertz CT molecular complexity index is 684. The van der Waals surface area contributed by atoms with Gasteiger partial charge in [0.1, 0.15) is 5.75 Å². The average Bonchev–Trinajstić information content (AvgIpc) is 2.46. The Kier molecular flexibility index (Phi) is 4.35. The van der Waals surface area contributed by atoms with Gasteiger partial charge in [0.2, 0.25) is 0 Å². The van der Waals surface area contributed by atoms with Crippen LogP contribution in [0.15, 0.2) is 48.5 Å². The predicted octanol–water partition coefficient (Wildman–Crippen LogP) is 4.94. The molecule has 0 heterocycles. The largest absolute Gasteiger partial charge is 0.423 e. The summed E-state index contributed by atoms with van der Waals surface area (Å²) in [6.45, 7) is 0. The number of hydrogen-bond donors (Lipinski definition) is 0. The maximum Gasteiger partial charge on any atom is 0.416 e. The molecule has 0 unspecified atom stereocenters. The van der Waals surface area contributed by atoms with Crippen LogP contribution in [0.2, 0.25) is 0 Å². The van der Waals surface area contributed by atoms with Gasteiger partial charge in [0.15, 0.2) is 0 Å². The molecular weight excluding hydrogens is 326 g/mol. The third-order valence-corrected chi connectivity index (χ3v) is 2.84. The van der Waals surface area contributed by atoms with Gasteiger partial charge in [0, 0.05) is 0 Å². The number of alkyl halides is 6. The molecule has 8 heteroatoms. The van der Waals surface area contributed by atoms with Gasteiger partial charge in [-0.3, -0.25) is 0 Å². The second-order valence-electron chi connectivity index (χ2n) is 4.49. The Labute approximate surface area is 126 Å². The fourth-order valence-corrected chi connectivity index (χ4v) is 1.67. The van der Waals surface area contributed by atoms with Gasteiger partial charge in [-0.2, -0.15) is 26.3 Å². The molecule has 0 aliphatic heterocycles. The van der Waals surface area contributed by atoms with Crippen LogP contribution in [-0.2, 0) is 12.4 Å². The van der Waals surface area contributed by atoms with Crippen molar-refractivity contribution in [1.29, 1.82) is 0 Å². The summed E-state index contributed by atoms with van der Waals surface area (Å²) in [5, 5.41) is 0. The van der Waals surface area contributed by atoms with Crippen molar-refractivity contribution in [3.05, 3.63) is 65.2 Å².